The minimum absolute atomic E-state index is 0.00768. The van der Waals surface area contributed by atoms with Crippen LogP contribution in [-0.2, 0) is 30.4 Å². The third-order valence-electron chi connectivity index (χ3n) is 4.78. The monoisotopic (exact) mass is 480 g/mol. The van der Waals surface area contributed by atoms with Gasteiger partial charge in [-0.05, 0) is 37.1 Å². The van der Waals surface area contributed by atoms with Gasteiger partial charge in [0.05, 0.1) is 19.0 Å². The van der Waals surface area contributed by atoms with Gasteiger partial charge in [0.15, 0.2) is 0 Å². The predicted octanol–water partition coefficient (Wildman–Crippen LogP) is -2.56. The molecule has 0 radical (unpaired) electrons. The van der Waals surface area contributed by atoms with Gasteiger partial charge in [0.1, 0.15) is 17.8 Å². The summed E-state index contributed by atoms with van der Waals surface area (Å²) in [5.74, 6) is -4.55. The zero-order chi connectivity index (χ0) is 25.7. The van der Waals surface area contributed by atoms with E-state index in [2.05, 4.69) is 16.0 Å². The molecule has 13 nitrogen and oxygen atoms in total. The number of hydrogen-bond acceptors (Lipinski definition) is 8. The lowest BCUT2D eigenvalue weighted by Gasteiger charge is -2.21. The largest absolute Gasteiger partial charge is 0.508 e. The molecule has 0 fully saturated rings. The summed E-state index contributed by atoms with van der Waals surface area (Å²) in [4.78, 5) is 59.6. The number of aromatic hydroxyl groups is 1. The molecule has 0 saturated carbocycles. The number of carboxylic acids is 1. The van der Waals surface area contributed by atoms with Gasteiger partial charge in [-0.3, -0.25) is 19.2 Å². The molecule has 1 rings (SSSR count). The number of nitrogens with two attached hydrogens (primary N) is 3. The Morgan fingerprint density at radius 3 is 2.15 bits per heavy atom. The molecule has 3 atom stereocenters. The Labute approximate surface area is 196 Å². The zero-order valence-electron chi connectivity index (χ0n) is 18.7. The SMILES string of the molecule is NCCCCC(N)C(=O)NCC(=O)NC(Cc1ccc(O)cc1)C(=O)NC(CC(N)=O)C(=O)O. The Kier molecular flexibility index (Phi) is 12.0. The lowest BCUT2D eigenvalue weighted by Crippen LogP contribution is -2.55. The van der Waals surface area contributed by atoms with Crippen LogP contribution in [0.1, 0.15) is 31.2 Å². The van der Waals surface area contributed by atoms with Crippen LogP contribution in [0, 0.1) is 0 Å². The normalized spacial score (nSPS) is 13.2. The van der Waals surface area contributed by atoms with Crippen LogP contribution >= 0.6 is 0 Å². The Morgan fingerprint density at radius 1 is 0.941 bits per heavy atom. The van der Waals surface area contributed by atoms with E-state index in [-0.39, 0.29) is 12.2 Å². The minimum Gasteiger partial charge on any atom is -0.508 e. The van der Waals surface area contributed by atoms with Gasteiger partial charge >= 0.3 is 5.97 Å². The first-order valence-corrected chi connectivity index (χ1v) is 10.7. The highest BCUT2D eigenvalue weighted by Crippen LogP contribution is 2.12. The number of rotatable bonds is 15. The van der Waals surface area contributed by atoms with E-state index in [0.717, 1.165) is 0 Å². The summed E-state index contributed by atoms with van der Waals surface area (Å²) in [6.07, 6.45) is 1.06. The maximum atomic E-state index is 12.7. The zero-order valence-corrected chi connectivity index (χ0v) is 18.7. The maximum Gasteiger partial charge on any atom is 0.326 e. The van der Waals surface area contributed by atoms with Crippen molar-refractivity contribution in [3.8, 4) is 5.75 Å². The van der Waals surface area contributed by atoms with Gasteiger partial charge in [-0.2, -0.15) is 0 Å². The van der Waals surface area contributed by atoms with Gasteiger partial charge in [0.2, 0.25) is 23.6 Å². The smallest absolute Gasteiger partial charge is 0.326 e. The number of primary amides is 1. The number of amides is 4. The Balaban J connectivity index is 2.83. The molecule has 34 heavy (non-hydrogen) atoms. The van der Waals surface area contributed by atoms with E-state index in [9.17, 15) is 34.2 Å². The van der Waals surface area contributed by atoms with Crippen molar-refractivity contribution >= 4 is 29.6 Å². The second kappa shape index (κ2) is 14.4. The minimum atomic E-state index is -1.59. The first-order valence-electron chi connectivity index (χ1n) is 10.7. The summed E-state index contributed by atoms with van der Waals surface area (Å²) in [5.41, 5.74) is 16.7. The lowest BCUT2D eigenvalue weighted by molar-refractivity contribution is -0.143. The predicted molar refractivity (Wildman–Crippen MR) is 121 cm³/mol. The van der Waals surface area contributed by atoms with Gasteiger partial charge in [-0.25, -0.2) is 4.79 Å². The van der Waals surface area contributed by atoms with Gasteiger partial charge in [0, 0.05) is 6.42 Å². The number of aliphatic carboxylic acids is 1. The van der Waals surface area contributed by atoms with Crippen molar-refractivity contribution in [1.82, 2.24) is 16.0 Å². The van der Waals surface area contributed by atoms with E-state index < -0.39 is 60.7 Å². The Hall–Kier alpha value is -3.71. The van der Waals surface area contributed by atoms with Crippen molar-refractivity contribution in [3.63, 3.8) is 0 Å². The first kappa shape index (κ1) is 28.3. The van der Waals surface area contributed by atoms with Gasteiger partial charge < -0.3 is 43.4 Å². The Bertz CT molecular complexity index is 862. The highest BCUT2D eigenvalue weighted by molar-refractivity contribution is 5.93. The van der Waals surface area contributed by atoms with Crippen molar-refractivity contribution in [2.24, 2.45) is 17.2 Å². The standard InChI is InChI=1S/C21H32N6O7/c22-8-2-1-3-14(23)19(31)25-11-18(30)26-15(9-12-4-6-13(28)7-5-12)20(32)27-16(21(33)34)10-17(24)29/h4-7,14-16,28H,1-3,8-11,22-23H2,(H2,24,29)(H,25,31)(H,26,30)(H,27,32)(H,33,34). The molecule has 11 N–H and O–H groups in total. The fourth-order valence-corrected chi connectivity index (χ4v) is 2.93. The summed E-state index contributed by atoms with van der Waals surface area (Å²) < 4.78 is 0. The summed E-state index contributed by atoms with van der Waals surface area (Å²) in [5, 5.41) is 25.6. The van der Waals surface area contributed by atoms with Crippen LogP contribution in [0.25, 0.3) is 0 Å². The van der Waals surface area contributed by atoms with E-state index in [4.69, 9.17) is 17.2 Å². The highest BCUT2D eigenvalue weighted by Gasteiger charge is 2.28. The maximum absolute atomic E-state index is 12.7. The topological polar surface area (TPSA) is 240 Å². The molecule has 1 aromatic carbocycles. The third-order valence-corrected chi connectivity index (χ3v) is 4.78. The third kappa shape index (κ3) is 10.7. The van der Waals surface area contributed by atoms with Crippen molar-refractivity contribution < 1.29 is 34.2 Å². The molecule has 0 bridgehead atoms. The summed E-state index contributed by atoms with van der Waals surface area (Å²) >= 11 is 0. The van der Waals surface area contributed by atoms with E-state index >= 15 is 0 Å². The van der Waals surface area contributed by atoms with E-state index in [1.165, 1.54) is 24.3 Å². The van der Waals surface area contributed by atoms with E-state index in [1.807, 2.05) is 0 Å². The summed E-state index contributed by atoms with van der Waals surface area (Å²) in [7, 11) is 0. The molecule has 4 amide bonds. The number of nitrogens with one attached hydrogen (secondary N) is 3. The molecule has 3 unspecified atom stereocenters. The number of benzene rings is 1. The molecule has 0 aliphatic rings. The van der Waals surface area contributed by atoms with Gasteiger partial charge in [0.25, 0.3) is 0 Å². The van der Waals surface area contributed by atoms with Crippen molar-refractivity contribution in [1.29, 1.82) is 0 Å². The molecule has 1 aromatic rings. The second-order valence-corrected chi connectivity index (χ2v) is 7.67. The van der Waals surface area contributed by atoms with Gasteiger partial charge in [-0.15, -0.1) is 0 Å². The van der Waals surface area contributed by atoms with Crippen LogP contribution < -0.4 is 33.2 Å². The van der Waals surface area contributed by atoms with Crippen molar-refractivity contribution in [2.45, 2.75) is 50.2 Å². The van der Waals surface area contributed by atoms with E-state index in [1.54, 1.807) is 0 Å². The van der Waals surface area contributed by atoms with E-state index in [0.29, 0.717) is 31.4 Å². The fraction of sp³-hybridized carbons (Fsp3) is 0.476. The molecule has 13 heteroatoms. The molecule has 0 saturated heterocycles. The molecule has 0 aliphatic heterocycles. The molecule has 0 aliphatic carbocycles. The number of carbonyl (C=O) groups excluding carboxylic acids is 4. The number of phenolic OH excluding ortho intramolecular Hbond substituents is 1. The number of carboxylic acid groups (broad SMARTS) is 1. The molecular weight excluding hydrogens is 448 g/mol. The summed E-state index contributed by atoms with van der Waals surface area (Å²) in [6.45, 7) is 0.00975. The Morgan fingerprint density at radius 2 is 1.59 bits per heavy atom. The second-order valence-electron chi connectivity index (χ2n) is 7.67. The number of hydrogen-bond donors (Lipinski definition) is 8. The highest BCUT2D eigenvalue weighted by atomic mass is 16.4. The number of unbranched alkanes of at least 4 members (excludes halogenated alkanes) is 1. The quantitative estimate of drug-likeness (QED) is 0.123. The molecular formula is C21H32N6O7. The first-order chi connectivity index (χ1) is 16.0. The average Bonchev–Trinajstić information content (AvgIpc) is 2.77. The lowest BCUT2D eigenvalue weighted by atomic mass is 10.0. The molecule has 0 aromatic heterocycles. The van der Waals surface area contributed by atoms with Gasteiger partial charge in [-0.1, -0.05) is 18.6 Å². The number of carbonyl (C=O) groups is 5. The van der Waals surface area contributed by atoms with Crippen LogP contribution in [0.5, 0.6) is 5.75 Å². The average molecular weight is 481 g/mol. The molecule has 0 spiro atoms. The van der Waals surface area contributed by atoms with Crippen LogP contribution in [0.2, 0.25) is 0 Å². The van der Waals surface area contributed by atoms with Crippen LogP contribution in [-0.4, -0.2) is 71.0 Å². The fourth-order valence-electron chi connectivity index (χ4n) is 2.93. The summed E-state index contributed by atoms with van der Waals surface area (Å²) in [6, 6.07) is 2.14. The van der Waals surface area contributed by atoms with Crippen LogP contribution in [0.3, 0.4) is 0 Å². The van der Waals surface area contributed by atoms with Crippen molar-refractivity contribution in [2.75, 3.05) is 13.1 Å². The molecule has 0 heterocycles. The molecule has 188 valence electrons. The van der Waals surface area contributed by atoms with Crippen molar-refractivity contribution in [3.05, 3.63) is 29.8 Å². The number of phenols is 1. The van der Waals surface area contributed by atoms with Crippen LogP contribution in [0.4, 0.5) is 0 Å². The van der Waals surface area contributed by atoms with Crippen LogP contribution in [0.15, 0.2) is 24.3 Å².